The van der Waals surface area contributed by atoms with E-state index >= 15 is 0 Å². The minimum Gasteiger partial charge on any atom is -0.384 e. The van der Waals surface area contributed by atoms with Crippen molar-refractivity contribution < 1.29 is 0 Å². The highest BCUT2D eigenvalue weighted by molar-refractivity contribution is 5.35. The van der Waals surface area contributed by atoms with Crippen LogP contribution in [0.5, 0.6) is 0 Å². The van der Waals surface area contributed by atoms with Gasteiger partial charge >= 0.3 is 0 Å². The van der Waals surface area contributed by atoms with E-state index in [1.165, 1.54) is 5.56 Å². The Balaban J connectivity index is 2.25. The van der Waals surface area contributed by atoms with Gasteiger partial charge in [-0.2, -0.15) is 0 Å². The normalized spacial score (nSPS) is 10.2. The first-order valence-corrected chi connectivity index (χ1v) is 5.01. The Labute approximate surface area is 89.8 Å². The summed E-state index contributed by atoms with van der Waals surface area (Å²) in [5.41, 5.74) is 9.15. The molecule has 1 heterocycles. The molecule has 0 atom stereocenters. The monoisotopic (exact) mass is 198 g/mol. The third kappa shape index (κ3) is 2.56. The first kappa shape index (κ1) is 9.71. The van der Waals surface area contributed by atoms with Gasteiger partial charge in [-0.05, 0) is 30.2 Å². The molecule has 0 aliphatic rings. The summed E-state index contributed by atoms with van der Waals surface area (Å²) in [6.07, 6.45) is 0.840. The number of nitrogens with zero attached hydrogens (tertiary/aromatic N) is 1. The maximum Gasteiger partial charge on any atom is 0.123 e. The Morgan fingerprint density at radius 1 is 1.13 bits per heavy atom. The highest BCUT2D eigenvalue weighted by Crippen LogP contribution is 2.11. The van der Waals surface area contributed by atoms with Crippen molar-refractivity contribution in [2.24, 2.45) is 0 Å². The van der Waals surface area contributed by atoms with Gasteiger partial charge in [0.2, 0.25) is 0 Å². The molecule has 76 valence electrons. The van der Waals surface area contributed by atoms with Crippen molar-refractivity contribution in [3.63, 3.8) is 0 Å². The number of aromatic nitrogens is 1. The van der Waals surface area contributed by atoms with Crippen LogP contribution in [0.25, 0.3) is 0 Å². The number of nitrogens with two attached hydrogens (primary N) is 1. The first-order chi connectivity index (χ1) is 7.24. The van der Waals surface area contributed by atoms with Crippen molar-refractivity contribution in [2.75, 3.05) is 5.73 Å². The molecule has 0 bridgehead atoms. The molecule has 2 N–H and O–H groups in total. The molecule has 2 rings (SSSR count). The van der Waals surface area contributed by atoms with Crippen LogP contribution < -0.4 is 5.73 Å². The van der Waals surface area contributed by atoms with E-state index in [1.807, 2.05) is 31.2 Å². The molecule has 15 heavy (non-hydrogen) atoms. The predicted octanol–water partition coefficient (Wildman–Crippen LogP) is 2.56. The summed E-state index contributed by atoms with van der Waals surface area (Å²) in [4.78, 5) is 4.31. The number of aryl methyl sites for hydroxylation is 1. The summed E-state index contributed by atoms with van der Waals surface area (Å²) >= 11 is 0. The van der Waals surface area contributed by atoms with Crippen LogP contribution in [0.1, 0.15) is 16.8 Å². The highest BCUT2D eigenvalue weighted by atomic mass is 14.8. The third-order valence-electron chi connectivity index (χ3n) is 2.27. The maximum absolute atomic E-state index is 5.70. The summed E-state index contributed by atoms with van der Waals surface area (Å²) in [5.74, 6) is 0.598. The number of hydrogen-bond acceptors (Lipinski definition) is 2. The van der Waals surface area contributed by atoms with Gasteiger partial charge in [0.25, 0.3) is 0 Å². The summed E-state index contributed by atoms with van der Waals surface area (Å²) in [6, 6.07) is 14.2. The Kier molecular flexibility index (Phi) is 2.68. The van der Waals surface area contributed by atoms with Crippen molar-refractivity contribution in [3.8, 4) is 0 Å². The topological polar surface area (TPSA) is 38.9 Å². The molecule has 0 aliphatic carbocycles. The molecule has 2 aromatic rings. The van der Waals surface area contributed by atoms with Crippen LogP contribution in [0.4, 0.5) is 5.82 Å². The molecule has 0 saturated carbocycles. The quantitative estimate of drug-likeness (QED) is 0.805. The second kappa shape index (κ2) is 4.13. The molecule has 1 aromatic carbocycles. The smallest absolute Gasteiger partial charge is 0.123 e. The zero-order valence-electron chi connectivity index (χ0n) is 8.77. The van der Waals surface area contributed by atoms with Crippen LogP contribution in [0.2, 0.25) is 0 Å². The molecule has 2 heteroatoms. The van der Waals surface area contributed by atoms with Crippen molar-refractivity contribution in [1.29, 1.82) is 0 Å². The molecule has 0 aliphatic heterocycles. The zero-order chi connectivity index (χ0) is 10.7. The van der Waals surface area contributed by atoms with Crippen LogP contribution in [0.15, 0.2) is 42.5 Å². The molecule has 0 radical (unpaired) electrons. The fourth-order valence-electron chi connectivity index (χ4n) is 1.66. The molecule has 0 spiro atoms. The van der Waals surface area contributed by atoms with Gasteiger partial charge in [-0.3, -0.25) is 0 Å². The van der Waals surface area contributed by atoms with Crippen LogP contribution in [0.3, 0.4) is 0 Å². The average molecular weight is 198 g/mol. The maximum atomic E-state index is 5.70. The van der Waals surface area contributed by atoms with E-state index in [2.05, 4.69) is 23.2 Å². The highest BCUT2D eigenvalue weighted by Gasteiger charge is 1.99. The Hall–Kier alpha value is -1.83. The van der Waals surface area contributed by atoms with Gasteiger partial charge in [-0.1, -0.05) is 30.3 Å². The van der Waals surface area contributed by atoms with Crippen molar-refractivity contribution >= 4 is 5.82 Å². The lowest BCUT2D eigenvalue weighted by Crippen LogP contribution is -1.97. The first-order valence-electron chi connectivity index (χ1n) is 5.01. The van der Waals surface area contributed by atoms with Gasteiger partial charge in [-0.15, -0.1) is 0 Å². The van der Waals surface area contributed by atoms with E-state index in [1.54, 1.807) is 0 Å². The van der Waals surface area contributed by atoms with Crippen LogP contribution in [-0.4, -0.2) is 4.98 Å². The van der Waals surface area contributed by atoms with Gasteiger partial charge in [0, 0.05) is 12.1 Å². The van der Waals surface area contributed by atoms with Gasteiger partial charge in [-0.25, -0.2) is 4.98 Å². The largest absolute Gasteiger partial charge is 0.384 e. The Bertz CT molecular complexity index is 429. The molecule has 2 nitrogen and oxygen atoms in total. The van der Waals surface area contributed by atoms with E-state index < -0.39 is 0 Å². The summed E-state index contributed by atoms with van der Waals surface area (Å²) < 4.78 is 0. The van der Waals surface area contributed by atoms with Crippen molar-refractivity contribution in [1.82, 2.24) is 4.98 Å². The van der Waals surface area contributed by atoms with Crippen LogP contribution >= 0.6 is 0 Å². The fourth-order valence-corrected chi connectivity index (χ4v) is 1.66. The zero-order valence-corrected chi connectivity index (χ0v) is 8.77. The second-order valence-corrected chi connectivity index (χ2v) is 3.72. The van der Waals surface area contributed by atoms with Gasteiger partial charge in [0.15, 0.2) is 0 Å². The average Bonchev–Trinajstić information content (AvgIpc) is 2.17. The minimum atomic E-state index is 0.598. The number of anilines is 1. The minimum absolute atomic E-state index is 0.598. The Morgan fingerprint density at radius 2 is 1.87 bits per heavy atom. The summed E-state index contributed by atoms with van der Waals surface area (Å²) in [5, 5.41) is 0. The molecule has 0 amide bonds. The Morgan fingerprint density at radius 3 is 2.53 bits per heavy atom. The van der Waals surface area contributed by atoms with E-state index in [0.717, 1.165) is 17.7 Å². The standard InChI is InChI=1S/C13H14N2/c1-10-7-12(15-13(14)8-10)9-11-5-3-2-4-6-11/h2-8H,9H2,1H3,(H2,14,15). The number of benzene rings is 1. The lowest BCUT2D eigenvalue weighted by atomic mass is 10.1. The number of nitrogen functional groups attached to an aromatic ring is 1. The van der Waals surface area contributed by atoms with Crippen molar-refractivity contribution in [3.05, 3.63) is 59.3 Å². The molecule has 0 unspecified atom stereocenters. The van der Waals surface area contributed by atoms with Gasteiger partial charge in [0.05, 0.1) is 0 Å². The van der Waals surface area contributed by atoms with E-state index in [-0.39, 0.29) is 0 Å². The molecular formula is C13H14N2. The lowest BCUT2D eigenvalue weighted by molar-refractivity contribution is 1.07. The summed E-state index contributed by atoms with van der Waals surface area (Å²) in [7, 11) is 0. The molecule has 0 saturated heterocycles. The SMILES string of the molecule is Cc1cc(N)nc(Cc2ccccc2)c1. The summed E-state index contributed by atoms with van der Waals surface area (Å²) in [6.45, 7) is 2.03. The molecule has 0 fully saturated rings. The van der Waals surface area contributed by atoms with E-state index in [9.17, 15) is 0 Å². The van der Waals surface area contributed by atoms with Crippen LogP contribution in [0, 0.1) is 6.92 Å². The fraction of sp³-hybridized carbons (Fsp3) is 0.154. The van der Waals surface area contributed by atoms with E-state index in [4.69, 9.17) is 5.73 Å². The number of rotatable bonds is 2. The van der Waals surface area contributed by atoms with E-state index in [0.29, 0.717) is 5.82 Å². The van der Waals surface area contributed by atoms with Crippen molar-refractivity contribution in [2.45, 2.75) is 13.3 Å². The van der Waals surface area contributed by atoms with Gasteiger partial charge in [0.1, 0.15) is 5.82 Å². The van der Waals surface area contributed by atoms with Gasteiger partial charge < -0.3 is 5.73 Å². The number of pyridine rings is 1. The third-order valence-corrected chi connectivity index (χ3v) is 2.27. The molecule has 1 aromatic heterocycles. The predicted molar refractivity (Wildman–Crippen MR) is 62.6 cm³/mol. The molecular weight excluding hydrogens is 184 g/mol. The second-order valence-electron chi connectivity index (χ2n) is 3.72. The number of hydrogen-bond donors (Lipinski definition) is 1. The lowest BCUT2D eigenvalue weighted by Gasteiger charge is -2.03. The van der Waals surface area contributed by atoms with Crippen LogP contribution in [-0.2, 0) is 6.42 Å².